The fourth-order valence-corrected chi connectivity index (χ4v) is 4.97. The molecule has 48 heavy (non-hydrogen) atoms. The Bertz CT molecular complexity index is 1450. The van der Waals surface area contributed by atoms with Crippen molar-refractivity contribution in [1.82, 2.24) is 4.98 Å². The summed E-state index contributed by atoms with van der Waals surface area (Å²) in [4.78, 5) is 48.3. The Labute approximate surface area is 275 Å². The molecule has 1 saturated carbocycles. The van der Waals surface area contributed by atoms with Crippen LogP contribution in [0.4, 0.5) is 0 Å². The molecular formula is C31H40N2O15. The fourth-order valence-electron chi connectivity index (χ4n) is 4.97. The van der Waals surface area contributed by atoms with Crippen LogP contribution in [0.3, 0.4) is 0 Å². The van der Waals surface area contributed by atoms with Gasteiger partial charge in [-0.3, -0.25) is 14.6 Å². The van der Waals surface area contributed by atoms with Crippen LogP contribution in [0.2, 0.25) is 0 Å². The molecule has 0 bridgehead atoms. The zero-order chi connectivity index (χ0) is 36.1. The molecule has 0 radical (unpaired) electrons. The first-order valence-electron chi connectivity index (χ1n) is 14.6. The molecule has 4 rings (SSSR count). The quantitative estimate of drug-likeness (QED) is 0.166. The van der Waals surface area contributed by atoms with Crippen molar-refractivity contribution in [3.05, 3.63) is 41.1 Å². The topological polar surface area (TPSA) is 272 Å². The monoisotopic (exact) mass is 680 g/mol. The van der Waals surface area contributed by atoms with Crippen molar-refractivity contribution < 1.29 is 73.9 Å². The fraction of sp³-hybridized carbons (Fsp3) is 0.484. The molecule has 17 heteroatoms. The second-order valence-corrected chi connectivity index (χ2v) is 10.5. The standard InChI is InChI=1S/C23H28N2O5.2C4H6O5/c1-5-30-20-10-15-16-9-14(26)6-7-18(16)25-22(17(15)11-19(20)27-2)13-8-21(28-3)23(29-4)24-12-13;2*5-2(4(8)9)1-3(6)7/h8,10-12,14,16,18,26H,5-7,9H2,1-4H3;2*2,5H,1H2,(H,6,7)(H,8,9)/t14-,16-,18-;2*2-/m110/s1. The summed E-state index contributed by atoms with van der Waals surface area (Å²) in [5.41, 5.74) is 3.80. The van der Waals surface area contributed by atoms with E-state index in [2.05, 4.69) is 11.1 Å². The maximum absolute atomic E-state index is 10.3. The number of benzene rings is 1. The number of aliphatic hydroxyl groups excluding tert-OH is 3. The van der Waals surface area contributed by atoms with Crippen molar-refractivity contribution in [3.63, 3.8) is 0 Å². The smallest absolute Gasteiger partial charge is 0.333 e. The predicted octanol–water partition coefficient (Wildman–Crippen LogP) is 1.17. The number of hydrogen-bond acceptors (Lipinski definition) is 13. The number of carbonyl (C=O) groups is 4. The predicted molar refractivity (Wildman–Crippen MR) is 165 cm³/mol. The first-order chi connectivity index (χ1) is 22.7. The summed E-state index contributed by atoms with van der Waals surface area (Å²) in [6.07, 6.45) is -1.36. The van der Waals surface area contributed by atoms with Crippen molar-refractivity contribution in [2.45, 2.75) is 69.3 Å². The Hall–Kier alpha value is -5.00. The van der Waals surface area contributed by atoms with E-state index in [1.54, 1.807) is 27.5 Å². The van der Waals surface area contributed by atoms with Crippen molar-refractivity contribution in [2.75, 3.05) is 27.9 Å². The van der Waals surface area contributed by atoms with Gasteiger partial charge in [0.05, 0.1) is 58.6 Å². The van der Waals surface area contributed by atoms with Gasteiger partial charge >= 0.3 is 23.9 Å². The Morgan fingerprint density at radius 1 is 0.833 bits per heavy atom. The lowest BCUT2D eigenvalue weighted by Crippen LogP contribution is -2.34. The van der Waals surface area contributed by atoms with Crippen LogP contribution in [0.15, 0.2) is 29.4 Å². The number of aliphatic hydroxyl groups is 3. The molecule has 0 spiro atoms. The van der Waals surface area contributed by atoms with Crippen LogP contribution in [-0.4, -0.2) is 123 Å². The summed E-state index contributed by atoms with van der Waals surface area (Å²) in [6, 6.07) is 6.03. The van der Waals surface area contributed by atoms with Crippen LogP contribution in [0.25, 0.3) is 0 Å². The molecule has 17 nitrogen and oxygen atoms in total. The van der Waals surface area contributed by atoms with E-state index < -0.39 is 48.9 Å². The Balaban J connectivity index is 0.000000366. The molecule has 2 heterocycles. The van der Waals surface area contributed by atoms with E-state index in [4.69, 9.17) is 54.6 Å². The van der Waals surface area contributed by atoms with Gasteiger partial charge in [0, 0.05) is 23.2 Å². The first-order valence-corrected chi connectivity index (χ1v) is 14.6. The molecule has 0 amide bonds. The number of hydrogen-bond donors (Lipinski definition) is 7. The summed E-state index contributed by atoms with van der Waals surface area (Å²) in [5.74, 6) is -3.19. The highest BCUT2D eigenvalue weighted by molar-refractivity contribution is 6.15. The van der Waals surface area contributed by atoms with Crippen LogP contribution in [0.1, 0.15) is 61.6 Å². The number of aromatic nitrogens is 1. The van der Waals surface area contributed by atoms with Gasteiger partial charge in [0.2, 0.25) is 0 Å². The molecule has 7 N–H and O–H groups in total. The summed E-state index contributed by atoms with van der Waals surface area (Å²) in [7, 11) is 4.79. The minimum absolute atomic E-state index is 0.104. The summed E-state index contributed by atoms with van der Waals surface area (Å²) >= 11 is 0. The third kappa shape index (κ3) is 10.8. The average molecular weight is 681 g/mol. The van der Waals surface area contributed by atoms with E-state index in [1.165, 1.54) is 0 Å². The molecular weight excluding hydrogens is 640 g/mol. The van der Waals surface area contributed by atoms with Gasteiger partial charge in [0.1, 0.15) is 0 Å². The number of aliphatic carboxylic acids is 4. The molecule has 1 aromatic carbocycles. The highest BCUT2D eigenvalue weighted by Gasteiger charge is 2.37. The van der Waals surface area contributed by atoms with Crippen molar-refractivity contribution in [3.8, 4) is 23.1 Å². The van der Waals surface area contributed by atoms with E-state index in [1.807, 2.05) is 19.1 Å². The molecule has 1 aromatic heterocycles. The zero-order valence-electron chi connectivity index (χ0n) is 26.7. The SMILES string of the molecule is CCOc1cc2c(cc1OC)C(c1cnc(OC)c(OC)c1)=N[C@@H]1CC[C@@H](O)C[C@H]21.O=C(O)C[C@@H](O)C(=O)O.O=C(O)C[C@H](O)C(=O)O. The first kappa shape index (κ1) is 39.2. The normalized spacial score (nSPS) is 18.7. The number of methoxy groups -OCH3 is 3. The van der Waals surface area contributed by atoms with E-state index in [-0.39, 0.29) is 18.1 Å². The molecule has 1 aliphatic heterocycles. The number of rotatable bonds is 12. The Morgan fingerprint density at radius 2 is 1.42 bits per heavy atom. The Morgan fingerprint density at radius 3 is 1.88 bits per heavy atom. The number of aliphatic imine (C=N–C) groups is 1. The summed E-state index contributed by atoms with van der Waals surface area (Å²) < 4.78 is 22.2. The minimum Gasteiger partial charge on any atom is -0.493 e. The molecule has 1 aliphatic carbocycles. The van der Waals surface area contributed by atoms with Crippen molar-refractivity contribution in [1.29, 1.82) is 0 Å². The van der Waals surface area contributed by atoms with Gasteiger partial charge in [-0.25, -0.2) is 14.6 Å². The average Bonchev–Trinajstić information content (AvgIpc) is 3.04. The van der Waals surface area contributed by atoms with E-state index in [0.29, 0.717) is 36.2 Å². The maximum atomic E-state index is 10.3. The van der Waals surface area contributed by atoms with Crippen LogP contribution >= 0.6 is 0 Å². The van der Waals surface area contributed by atoms with Gasteiger partial charge in [-0.1, -0.05) is 0 Å². The van der Waals surface area contributed by atoms with Gasteiger partial charge in [0.15, 0.2) is 29.5 Å². The van der Waals surface area contributed by atoms with Crippen molar-refractivity contribution >= 4 is 29.6 Å². The number of fused-ring (bicyclic) bond motifs is 3. The van der Waals surface area contributed by atoms with Gasteiger partial charge in [-0.2, -0.15) is 0 Å². The largest absolute Gasteiger partial charge is 0.493 e. The summed E-state index contributed by atoms with van der Waals surface area (Å²) in [6.45, 7) is 2.50. The van der Waals surface area contributed by atoms with E-state index in [9.17, 15) is 24.3 Å². The molecule has 0 saturated heterocycles. The summed E-state index contributed by atoms with van der Waals surface area (Å²) in [5, 5.41) is 58.6. The van der Waals surface area contributed by atoms with Gasteiger partial charge in [-0.15, -0.1) is 0 Å². The molecule has 2 aromatic rings. The van der Waals surface area contributed by atoms with Gasteiger partial charge < -0.3 is 54.7 Å². The van der Waals surface area contributed by atoms with Crippen LogP contribution in [0, 0.1) is 0 Å². The number of carboxylic acid groups (broad SMARTS) is 4. The second kappa shape index (κ2) is 18.4. The van der Waals surface area contributed by atoms with Crippen LogP contribution in [-0.2, 0) is 19.2 Å². The molecule has 0 unspecified atom stereocenters. The number of ether oxygens (including phenoxy) is 4. The maximum Gasteiger partial charge on any atom is 0.333 e. The third-order valence-corrected chi connectivity index (χ3v) is 7.18. The van der Waals surface area contributed by atoms with Crippen LogP contribution < -0.4 is 18.9 Å². The molecule has 5 atom stereocenters. The van der Waals surface area contributed by atoms with E-state index in [0.717, 1.165) is 35.2 Å². The molecule has 264 valence electrons. The van der Waals surface area contributed by atoms with Gasteiger partial charge in [0.25, 0.3) is 5.88 Å². The van der Waals surface area contributed by atoms with E-state index >= 15 is 0 Å². The zero-order valence-corrected chi connectivity index (χ0v) is 26.7. The second-order valence-electron chi connectivity index (χ2n) is 10.5. The van der Waals surface area contributed by atoms with Gasteiger partial charge in [-0.05, 0) is 49.9 Å². The lowest BCUT2D eigenvalue weighted by atomic mass is 9.74. The molecule has 1 fully saturated rings. The number of pyridine rings is 1. The Kier molecular flexibility index (Phi) is 15.0. The lowest BCUT2D eigenvalue weighted by molar-refractivity contribution is -0.153. The van der Waals surface area contributed by atoms with Crippen molar-refractivity contribution in [2.24, 2.45) is 4.99 Å². The molecule has 2 aliphatic rings. The lowest BCUT2D eigenvalue weighted by Gasteiger charge is -2.37. The number of carboxylic acids is 4. The number of nitrogens with zero attached hydrogens (tertiary/aromatic N) is 2. The highest BCUT2D eigenvalue weighted by atomic mass is 16.5. The van der Waals surface area contributed by atoms with Crippen LogP contribution in [0.5, 0.6) is 23.1 Å². The highest BCUT2D eigenvalue weighted by Crippen LogP contribution is 2.45. The minimum atomic E-state index is -1.79. The third-order valence-electron chi connectivity index (χ3n) is 7.18.